The summed E-state index contributed by atoms with van der Waals surface area (Å²) in [6, 6.07) is 13.3. The lowest BCUT2D eigenvalue weighted by atomic mass is 10.1. The predicted molar refractivity (Wildman–Crippen MR) is 83.4 cm³/mol. The summed E-state index contributed by atoms with van der Waals surface area (Å²) in [5, 5.41) is 14.2. The van der Waals surface area contributed by atoms with E-state index in [1.165, 1.54) is 0 Å². The molecule has 0 saturated carbocycles. The number of nitrogen functional groups attached to an aromatic ring is 1. The van der Waals surface area contributed by atoms with E-state index in [2.05, 4.69) is 15.5 Å². The van der Waals surface area contributed by atoms with Gasteiger partial charge in [-0.25, -0.2) is 0 Å². The largest absolute Gasteiger partial charge is 0.399 e. The van der Waals surface area contributed by atoms with E-state index in [-0.39, 0.29) is 0 Å². The molecule has 0 spiro atoms. The Balaban J connectivity index is 2.11. The van der Waals surface area contributed by atoms with Crippen molar-refractivity contribution in [3.05, 3.63) is 53.2 Å². The number of rotatable bonds is 2. The number of nitrogens with zero attached hydrogens (tertiary/aromatic N) is 2. The van der Waals surface area contributed by atoms with E-state index in [1.54, 1.807) is 18.2 Å². The van der Waals surface area contributed by atoms with Gasteiger partial charge >= 0.3 is 0 Å². The third-order valence-corrected chi connectivity index (χ3v) is 3.45. The molecule has 100 valence electrons. The van der Waals surface area contributed by atoms with Gasteiger partial charge in [0.1, 0.15) is 0 Å². The minimum absolute atomic E-state index is 0.589. The minimum atomic E-state index is 0.589. The van der Waals surface area contributed by atoms with Gasteiger partial charge in [0.15, 0.2) is 5.82 Å². The first-order valence-electron chi connectivity index (χ1n) is 6.19. The number of hydrogen-bond donors (Lipinski definition) is 2. The van der Waals surface area contributed by atoms with Gasteiger partial charge < -0.3 is 11.1 Å². The minimum Gasteiger partial charge on any atom is -0.399 e. The Morgan fingerprint density at radius 1 is 1.05 bits per heavy atom. The van der Waals surface area contributed by atoms with Crippen molar-refractivity contribution >= 4 is 39.6 Å². The summed E-state index contributed by atoms with van der Waals surface area (Å²) < 4.78 is 0. The van der Waals surface area contributed by atoms with Crippen molar-refractivity contribution in [3.8, 4) is 0 Å². The molecule has 3 rings (SSSR count). The molecule has 0 bridgehead atoms. The summed E-state index contributed by atoms with van der Waals surface area (Å²) >= 11 is 6.16. The fourth-order valence-corrected chi connectivity index (χ4v) is 2.26. The lowest BCUT2D eigenvalue weighted by Gasteiger charge is -2.11. The molecule has 3 N–H and O–H groups in total. The van der Waals surface area contributed by atoms with Crippen LogP contribution in [0.4, 0.5) is 17.2 Å². The number of aryl methyl sites for hydroxylation is 1. The summed E-state index contributed by atoms with van der Waals surface area (Å²) in [4.78, 5) is 0. The number of hydrogen-bond acceptors (Lipinski definition) is 4. The van der Waals surface area contributed by atoms with Crippen molar-refractivity contribution in [1.82, 2.24) is 10.2 Å². The highest BCUT2D eigenvalue weighted by Gasteiger charge is 2.08. The van der Waals surface area contributed by atoms with Crippen molar-refractivity contribution in [2.24, 2.45) is 0 Å². The highest BCUT2D eigenvalue weighted by atomic mass is 35.5. The van der Waals surface area contributed by atoms with Crippen LogP contribution in [-0.2, 0) is 0 Å². The van der Waals surface area contributed by atoms with Gasteiger partial charge in [-0.2, -0.15) is 5.10 Å². The maximum atomic E-state index is 6.16. The van der Waals surface area contributed by atoms with Crippen molar-refractivity contribution < 1.29 is 0 Å². The number of nitrogens with two attached hydrogens (primary N) is 1. The number of anilines is 3. The van der Waals surface area contributed by atoms with Crippen molar-refractivity contribution in [2.45, 2.75) is 6.92 Å². The van der Waals surface area contributed by atoms with Gasteiger partial charge in [-0.1, -0.05) is 35.9 Å². The maximum Gasteiger partial charge on any atom is 0.161 e. The van der Waals surface area contributed by atoms with E-state index >= 15 is 0 Å². The Kier molecular flexibility index (Phi) is 3.16. The molecule has 0 fully saturated rings. The molecule has 0 saturated heterocycles. The van der Waals surface area contributed by atoms with Gasteiger partial charge in [-0.15, -0.1) is 5.10 Å². The standard InChI is InChI=1S/C15H13ClN4/c1-9-11-4-2-3-5-12(11)15(20-19-9)18-14-8-10(17)6-7-13(14)16/h2-8H,17H2,1H3,(H,18,20). The van der Waals surface area contributed by atoms with Crippen LogP contribution in [-0.4, -0.2) is 10.2 Å². The van der Waals surface area contributed by atoms with Crippen LogP contribution in [0.3, 0.4) is 0 Å². The van der Waals surface area contributed by atoms with Crippen molar-refractivity contribution in [3.63, 3.8) is 0 Å². The lowest BCUT2D eigenvalue weighted by Crippen LogP contribution is -2.00. The predicted octanol–water partition coefficient (Wildman–Crippen LogP) is 3.92. The summed E-state index contributed by atoms with van der Waals surface area (Å²) in [5.41, 5.74) is 8.03. The third kappa shape index (κ3) is 2.26. The van der Waals surface area contributed by atoms with E-state index in [0.29, 0.717) is 16.5 Å². The van der Waals surface area contributed by atoms with E-state index in [0.717, 1.165) is 22.2 Å². The lowest BCUT2D eigenvalue weighted by molar-refractivity contribution is 1.01. The SMILES string of the molecule is Cc1nnc(Nc2cc(N)ccc2Cl)c2ccccc12. The highest BCUT2D eigenvalue weighted by molar-refractivity contribution is 6.33. The monoisotopic (exact) mass is 284 g/mol. The van der Waals surface area contributed by atoms with Gasteiger partial charge in [-0.05, 0) is 25.1 Å². The van der Waals surface area contributed by atoms with E-state index in [9.17, 15) is 0 Å². The summed E-state index contributed by atoms with van der Waals surface area (Å²) in [5.74, 6) is 0.665. The quantitative estimate of drug-likeness (QED) is 0.700. The van der Waals surface area contributed by atoms with Crippen LogP contribution < -0.4 is 11.1 Å². The van der Waals surface area contributed by atoms with Crippen LogP contribution in [0.25, 0.3) is 10.8 Å². The van der Waals surface area contributed by atoms with Gasteiger partial charge in [-0.3, -0.25) is 0 Å². The molecule has 0 aliphatic rings. The van der Waals surface area contributed by atoms with Crippen LogP contribution >= 0.6 is 11.6 Å². The smallest absolute Gasteiger partial charge is 0.161 e. The first-order valence-corrected chi connectivity index (χ1v) is 6.57. The van der Waals surface area contributed by atoms with Crippen LogP contribution in [0.5, 0.6) is 0 Å². The Hall–Kier alpha value is -2.33. The molecule has 4 nitrogen and oxygen atoms in total. The molecule has 20 heavy (non-hydrogen) atoms. The molecule has 2 aromatic carbocycles. The topological polar surface area (TPSA) is 63.8 Å². The Morgan fingerprint density at radius 3 is 2.60 bits per heavy atom. The molecule has 0 radical (unpaired) electrons. The number of halogens is 1. The summed E-state index contributed by atoms with van der Waals surface area (Å²) in [6.07, 6.45) is 0. The van der Waals surface area contributed by atoms with Crippen LogP contribution in [0, 0.1) is 6.92 Å². The molecule has 1 aromatic heterocycles. The number of fused-ring (bicyclic) bond motifs is 1. The molecular weight excluding hydrogens is 272 g/mol. The Labute approximate surface area is 121 Å². The molecule has 0 atom stereocenters. The molecule has 0 aliphatic heterocycles. The fourth-order valence-electron chi connectivity index (χ4n) is 2.10. The van der Waals surface area contributed by atoms with Gasteiger partial charge in [0.2, 0.25) is 0 Å². The first kappa shape index (κ1) is 12.7. The molecule has 3 aromatic rings. The maximum absolute atomic E-state index is 6.16. The number of benzene rings is 2. The molecule has 0 amide bonds. The van der Waals surface area contributed by atoms with E-state index < -0.39 is 0 Å². The molecule has 1 heterocycles. The first-order chi connectivity index (χ1) is 9.65. The third-order valence-electron chi connectivity index (χ3n) is 3.12. The van der Waals surface area contributed by atoms with Crippen LogP contribution in [0.2, 0.25) is 5.02 Å². The summed E-state index contributed by atoms with van der Waals surface area (Å²) in [6.45, 7) is 1.94. The zero-order chi connectivity index (χ0) is 14.1. The second kappa shape index (κ2) is 4.98. The van der Waals surface area contributed by atoms with Crippen LogP contribution in [0.1, 0.15) is 5.69 Å². The van der Waals surface area contributed by atoms with Crippen LogP contribution in [0.15, 0.2) is 42.5 Å². The normalized spacial score (nSPS) is 10.7. The van der Waals surface area contributed by atoms with Gasteiger partial charge in [0.05, 0.1) is 16.4 Å². The summed E-state index contributed by atoms with van der Waals surface area (Å²) in [7, 11) is 0. The average molecular weight is 285 g/mol. The highest BCUT2D eigenvalue weighted by Crippen LogP contribution is 2.30. The van der Waals surface area contributed by atoms with Crippen molar-refractivity contribution in [1.29, 1.82) is 0 Å². The zero-order valence-corrected chi connectivity index (χ0v) is 11.6. The second-order valence-corrected chi connectivity index (χ2v) is 4.95. The van der Waals surface area contributed by atoms with Gasteiger partial charge in [0.25, 0.3) is 0 Å². The zero-order valence-electron chi connectivity index (χ0n) is 10.9. The van der Waals surface area contributed by atoms with Crippen molar-refractivity contribution in [2.75, 3.05) is 11.1 Å². The number of aromatic nitrogens is 2. The van der Waals surface area contributed by atoms with E-state index in [4.69, 9.17) is 17.3 Å². The number of nitrogens with one attached hydrogen (secondary N) is 1. The Morgan fingerprint density at radius 2 is 1.80 bits per heavy atom. The Bertz CT molecular complexity index is 786. The average Bonchev–Trinajstić information content (AvgIpc) is 2.46. The molecular formula is C15H13ClN4. The van der Waals surface area contributed by atoms with E-state index in [1.807, 2.05) is 31.2 Å². The van der Waals surface area contributed by atoms with Gasteiger partial charge in [0, 0.05) is 16.5 Å². The molecule has 5 heteroatoms. The molecule has 0 aliphatic carbocycles. The molecule has 0 unspecified atom stereocenters. The fraction of sp³-hybridized carbons (Fsp3) is 0.0667. The second-order valence-electron chi connectivity index (χ2n) is 4.54.